The minimum atomic E-state index is -0.331. The molecule has 156 valence electrons. The Hall–Kier alpha value is -3.42. The highest BCUT2D eigenvalue weighted by Gasteiger charge is 2.12. The minimum absolute atomic E-state index is 0.285. The maximum absolute atomic E-state index is 12.4. The maximum atomic E-state index is 12.4. The summed E-state index contributed by atoms with van der Waals surface area (Å²) < 4.78 is 7.73. The summed E-state index contributed by atoms with van der Waals surface area (Å²) in [6.07, 6.45) is 3.53. The van der Waals surface area contributed by atoms with E-state index in [2.05, 4.69) is 20.3 Å². The van der Waals surface area contributed by atoms with Gasteiger partial charge in [0.1, 0.15) is 23.2 Å². The molecular formula is C22H17Cl2N5O2. The molecule has 9 heteroatoms. The van der Waals surface area contributed by atoms with E-state index in [1.807, 2.05) is 17.7 Å². The quantitative estimate of drug-likeness (QED) is 0.423. The van der Waals surface area contributed by atoms with Gasteiger partial charge in [-0.3, -0.25) is 9.36 Å². The molecule has 0 aliphatic rings. The second kappa shape index (κ2) is 8.75. The van der Waals surface area contributed by atoms with E-state index in [9.17, 15) is 4.79 Å². The molecule has 4 rings (SSSR count). The molecule has 0 saturated carbocycles. The van der Waals surface area contributed by atoms with Gasteiger partial charge >= 0.3 is 0 Å². The van der Waals surface area contributed by atoms with Gasteiger partial charge in [0, 0.05) is 29.2 Å². The summed E-state index contributed by atoms with van der Waals surface area (Å²) in [4.78, 5) is 25.4. The van der Waals surface area contributed by atoms with Gasteiger partial charge in [0.15, 0.2) is 0 Å². The van der Waals surface area contributed by atoms with Crippen molar-refractivity contribution in [1.29, 1.82) is 0 Å². The molecule has 31 heavy (non-hydrogen) atoms. The minimum Gasteiger partial charge on any atom is -0.439 e. The van der Waals surface area contributed by atoms with Crippen molar-refractivity contribution in [2.75, 3.05) is 5.32 Å². The summed E-state index contributed by atoms with van der Waals surface area (Å²) in [6, 6.07) is 13.4. The van der Waals surface area contributed by atoms with Gasteiger partial charge in [-0.2, -0.15) is 4.98 Å². The van der Waals surface area contributed by atoms with Crippen molar-refractivity contribution < 1.29 is 9.53 Å². The molecule has 2 aromatic heterocycles. The predicted octanol–water partition coefficient (Wildman–Crippen LogP) is 5.63. The molecule has 0 saturated heterocycles. The number of benzene rings is 2. The van der Waals surface area contributed by atoms with Crippen molar-refractivity contribution in [3.63, 3.8) is 0 Å². The number of hydrogen-bond donors (Lipinski definition) is 1. The number of amides is 1. The van der Waals surface area contributed by atoms with E-state index < -0.39 is 0 Å². The fourth-order valence-electron chi connectivity index (χ4n) is 2.92. The summed E-state index contributed by atoms with van der Waals surface area (Å²) >= 11 is 12.0. The van der Waals surface area contributed by atoms with Gasteiger partial charge in [0.25, 0.3) is 5.91 Å². The monoisotopic (exact) mass is 453 g/mol. The van der Waals surface area contributed by atoms with Crippen LogP contribution in [0, 0.1) is 13.8 Å². The van der Waals surface area contributed by atoms with Crippen LogP contribution in [-0.2, 0) is 0 Å². The molecule has 7 nitrogen and oxygen atoms in total. The fraction of sp³-hybridized carbons (Fsp3) is 0.0909. The Balaban J connectivity index is 1.48. The van der Waals surface area contributed by atoms with Crippen LogP contribution in [0.2, 0.25) is 10.0 Å². The van der Waals surface area contributed by atoms with Crippen LogP contribution in [0.5, 0.6) is 11.6 Å². The van der Waals surface area contributed by atoms with Gasteiger partial charge in [0.2, 0.25) is 5.88 Å². The number of carbonyl (C=O) groups is 1. The Morgan fingerprint density at radius 1 is 1.03 bits per heavy atom. The lowest BCUT2D eigenvalue weighted by Crippen LogP contribution is -2.12. The van der Waals surface area contributed by atoms with E-state index >= 15 is 0 Å². The Kier molecular flexibility index (Phi) is 5.88. The zero-order chi connectivity index (χ0) is 22.0. The molecule has 4 aromatic rings. The van der Waals surface area contributed by atoms with Crippen molar-refractivity contribution in [2.45, 2.75) is 13.8 Å². The van der Waals surface area contributed by atoms with Crippen molar-refractivity contribution in [1.82, 2.24) is 19.5 Å². The molecular weight excluding hydrogens is 437 g/mol. The molecule has 2 aromatic carbocycles. The van der Waals surface area contributed by atoms with Gasteiger partial charge in [0.05, 0.1) is 10.6 Å². The van der Waals surface area contributed by atoms with Crippen molar-refractivity contribution in [3.8, 4) is 17.4 Å². The molecule has 1 N–H and O–H groups in total. The molecule has 0 bridgehead atoms. The normalized spacial score (nSPS) is 10.7. The number of aryl methyl sites for hydroxylation is 2. The number of nitrogens with one attached hydrogen (secondary N) is 1. The summed E-state index contributed by atoms with van der Waals surface area (Å²) in [6.45, 7) is 3.69. The smallest absolute Gasteiger partial charge is 0.257 e. The SMILES string of the molecule is Cc1nc(Oc2ccc(NC(=O)c3ccc(Cl)cc3Cl)cc2)cc(-n2ccnc2C)n1. The second-order valence-corrected chi connectivity index (χ2v) is 7.50. The first-order valence-corrected chi connectivity index (χ1v) is 10.0. The maximum Gasteiger partial charge on any atom is 0.257 e. The van der Waals surface area contributed by atoms with E-state index in [1.165, 1.54) is 6.07 Å². The molecule has 0 spiro atoms. The third kappa shape index (κ3) is 4.84. The van der Waals surface area contributed by atoms with Crippen LogP contribution in [-0.4, -0.2) is 25.4 Å². The first-order chi connectivity index (χ1) is 14.9. The molecule has 0 atom stereocenters. The second-order valence-electron chi connectivity index (χ2n) is 6.66. The van der Waals surface area contributed by atoms with Gasteiger partial charge in [-0.1, -0.05) is 23.2 Å². The first kappa shape index (κ1) is 20.8. The van der Waals surface area contributed by atoms with Crippen LogP contribution in [0.3, 0.4) is 0 Å². The Morgan fingerprint density at radius 2 is 1.81 bits per heavy atom. The summed E-state index contributed by atoms with van der Waals surface area (Å²) in [5, 5.41) is 3.55. The van der Waals surface area contributed by atoms with Crippen LogP contribution >= 0.6 is 23.2 Å². The van der Waals surface area contributed by atoms with Crippen molar-refractivity contribution in [2.24, 2.45) is 0 Å². The van der Waals surface area contributed by atoms with Crippen molar-refractivity contribution in [3.05, 3.63) is 88.2 Å². The highest BCUT2D eigenvalue weighted by Crippen LogP contribution is 2.25. The standard InChI is InChI=1S/C22H17Cl2N5O2/c1-13-26-20(29-10-9-25-14(29)2)12-21(27-13)31-17-6-4-16(5-7-17)28-22(30)18-8-3-15(23)11-19(18)24/h3-12H,1-2H3,(H,28,30). The van der Waals surface area contributed by atoms with Crippen LogP contribution in [0.15, 0.2) is 60.9 Å². The van der Waals surface area contributed by atoms with Crippen molar-refractivity contribution >= 4 is 34.8 Å². The molecule has 0 aliphatic heterocycles. The molecule has 2 heterocycles. The highest BCUT2D eigenvalue weighted by molar-refractivity contribution is 6.37. The van der Waals surface area contributed by atoms with Crippen LogP contribution in [0.4, 0.5) is 5.69 Å². The molecule has 0 unspecified atom stereocenters. The van der Waals surface area contributed by atoms with Crippen LogP contribution in [0.25, 0.3) is 5.82 Å². The van der Waals surface area contributed by atoms with Gasteiger partial charge in [-0.15, -0.1) is 0 Å². The fourth-order valence-corrected chi connectivity index (χ4v) is 3.41. The number of nitrogens with zero attached hydrogens (tertiary/aromatic N) is 4. The lowest BCUT2D eigenvalue weighted by Gasteiger charge is -2.10. The zero-order valence-electron chi connectivity index (χ0n) is 16.6. The summed E-state index contributed by atoms with van der Waals surface area (Å²) in [7, 11) is 0. The lowest BCUT2D eigenvalue weighted by atomic mass is 10.2. The number of carbonyl (C=O) groups excluding carboxylic acids is 1. The topological polar surface area (TPSA) is 81.9 Å². The number of aromatic nitrogens is 4. The average molecular weight is 454 g/mol. The number of ether oxygens (including phenoxy) is 1. The Bertz CT molecular complexity index is 1260. The van der Waals surface area contributed by atoms with E-state index in [0.717, 1.165) is 5.82 Å². The first-order valence-electron chi connectivity index (χ1n) is 9.29. The average Bonchev–Trinajstić information content (AvgIpc) is 3.15. The molecule has 0 radical (unpaired) electrons. The Labute approximate surface area is 188 Å². The molecule has 0 aliphatic carbocycles. The highest BCUT2D eigenvalue weighted by atomic mass is 35.5. The van der Waals surface area contributed by atoms with Gasteiger partial charge < -0.3 is 10.1 Å². The predicted molar refractivity (Wildman–Crippen MR) is 120 cm³/mol. The number of imidazole rings is 1. The third-order valence-electron chi connectivity index (χ3n) is 4.38. The lowest BCUT2D eigenvalue weighted by molar-refractivity contribution is 0.102. The number of hydrogen-bond acceptors (Lipinski definition) is 5. The van der Waals surface area contributed by atoms with Gasteiger partial charge in [-0.25, -0.2) is 9.97 Å². The summed E-state index contributed by atoms with van der Waals surface area (Å²) in [5.41, 5.74) is 0.933. The number of anilines is 1. The van der Waals surface area contributed by atoms with E-state index in [-0.39, 0.29) is 10.9 Å². The molecule has 1 amide bonds. The number of halogens is 2. The Morgan fingerprint density at radius 3 is 2.48 bits per heavy atom. The van der Waals surface area contributed by atoms with Crippen LogP contribution in [0.1, 0.15) is 22.0 Å². The zero-order valence-corrected chi connectivity index (χ0v) is 18.1. The van der Waals surface area contributed by atoms with E-state index in [4.69, 9.17) is 27.9 Å². The number of rotatable bonds is 5. The molecule has 0 fully saturated rings. The summed E-state index contributed by atoms with van der Waals surface area (Å²) in [5.74, 6) is 2.69. The largest absolute Gasteiger partial charge is 0.439 e. The van der Waals surface area contributed by atoms with Crippen LogP contribution < -0.4 is 10.1 Å². The van der Waals surface area contributed by atoms with E-state index in [0.29, 0.717) is 39.5 Å². The third-order valence-corrected chi connectivity index (χ3v) is 4.93. The van der Waals surface area contributed by atoms with E-state index in [1.54, 1.807) is 55.6 Å². The van der Waals surface area contributed by atoms with Gasteiger partial charge in [-0.05, 0) is 56.3 Å².